The largest absolute Gasteiger partial charge is 0.492 e. The van der Waals surface area contributed by atoms with Crippen LogP contribution in [0.2, 0.25) is 0 Å². The van der Waals surface area contributed by atoms with Gasteiger partial charge in [-0.1, -0.05) is 6.07 Å². The predicted molar refractivity (Wildman–Crippen MR) is 73.6 cm³/mol. The van der Waals surface area contributed by atoms with E-state index in [4.69, 9.17) is 4.74 Å². The summed E-state index contributed by atoms with van der Waals surface area (Å²) in [5.74, 6) is -0.0855. The predicted octanol–water partition coefficient (Wildman–Crippen LogP) is 1.27. The molecule has 0 radical (unpaired) electrons. The number of nitrogens with zero attached hydrogens (tertiary/aromatic N) is 3. The third-order valence-electron chi connectivity index (χ3n) is 2.13. The second-order valence-electron chi connectivity index (χ2n) is 3.95. The summed E-state index contributed by atoms with van der Waals surface area (Å²) in [5.41, 5.74) is -0.563. The van der Waals surface area contributed by atoms with Gasteiger partial charge in [0.25, 0.3) is 15.7 Å². The molecule has 0 aliphatic heterocycles. The molecule has 0 saturated heterocycles. The summed E-state index contributed by atoms with van der Waals surface area (Å²) in [6, 6.07) is 3.81. The lowest BCUT2D eigenvalue weighted by Gasteiger charge is -2.09. The lowest BCUT2D eigenvalue weighted by Crippen LogP contribution is -2.12. The molecule has 0 aliphatic rings. The molecule has 0 fully saturated rings. The first-order chi connectivity index (χ1) is 9.29. The number of nitro benzene ring substituents is 1. The SMILES string of the molecule is CCOc1cccc([N+](=O)[O-])c1S(=O)(=O)N=CN(C)C. The summed E-state index contributed by atoms with van der Waals surface area (Å²) in [6.45, 7) is 1.83. The minimum absolute atomic E-state index is 0.0855. The van der Waals surface area contributed by atoms with Crippen LogP contribution in [0.5, 0.6) is 5.75 Å². The van der Waals surface area contributed by atoms with Gasteiger partial charge in [-0.2, -0.15) is 8.42 Å². The molecular formula is C11H15N3O5S. The van der Waals surface area contributed by atoms with Gasteiger partial charge in [0.1, 0.15) is 12.1 Å². The Balaban J connectivity index is 3.51. The van der Waals surface area contributed by atoms with Crippen molar-refractivity contribution in [3.05, 3.63) is 28.3 Å². The maximum Gasteiger partial charge on any atom is 0.294 e. The van der Waals surface area contributed by atoms with E-state index in [-0.39, 0.29) is 12.4 Å². The van der Waals surface area contributed by atoms with E-state index in [0.717, 1.165) is 12.4 Å². The zero-order valence-corrected chi connectivity index (χ0v) is 12.1. The van der Waals surface area contributed by atoms with E-state index in [1.165, 1.54) is 17.0 Å². The normalized spacial score (nSPS) is 11.6. The van der Waals surface area contributed by atoms with E-state index in [1.807, 2.05) is 0 Å². The second kappa shape index (κ2) is 6.33. The maximum absolute atomic E-state index is 12.1. The van der Waals surface area contributed by atoms with Crippen LogP contribution >= 0.6 is 0 Å². The first kappa shape index (κ1) is 15.9. The first-order valence-corrected chi connectivity index (χ1v) is 7.10. The fraction of sp³-hybridized carbons (Fsp3) is 0.364. The van der Waals surface area contributed by atoms with Gasteiger partial charge in [-0.25, -0.2) is 0 Å². The Morgan fingerprint density at radius 3 is 2.60 bits per heavy atom. The molecule has 0 spiro atoms. The van der Waals surface area contributed by atoms with Crippen LogP contribution in [0.3, 0.4) is 0 Å². The maximum atomic E-state index is 12.1. The van der Waals surface area contributed by atoms with Gasteiger partial charge in [-0.05, 0) is 13.0 Å². The molecule has 1 aromatic rings. The Morgan fingerprint density at radius 1 is 1.45 bits per heavy atom. The van der Waals surface area contributed by atoms with Gasteiger partial charge in [0.05, 0.1) is 11.5 Å². The van der Waals surface area contributed by atoms with Crippen LogP contribution in [0.1, 0.15) is 6.92 Å². The number of benzene rings is 1. The van der Waals surface area contributed by atoms with Gasteiger partial charge in [0.15, 0.2) is 0 Å². The Bertz CT molecular complexity index is 625. The van der Waals surface area contributed by atoms with Gasteiger partial charge in [0, 0.05) is 20.2 Å². The Labute approximate surface area is 116 Å². The van der Waals surface area contributed by atoms with Gasteiger partial charge in [0.2, 0.25) is 4.90 Å². The van der Waals surface area contributed by atoms with E-state index in [9.17, 15) is 18.5 Å². The van der Waals surface area contributed by atoms with Crippen molar-refractivity contribution in [2.75, 3.05) is 20.7 Å². The summed E-state index contributed by atoms with van der Waals surface area (Å²) in [7, 11) is -1.05. The number of sulfonamides is 1. The highest BCUT2D eigenvalue weighted by Gasteiger charge is 2.29. The summed E-state index contributed by atoms with van der Waals surface area (Å²) in [4.78, 5) is 11.1. The van der Waals surface area contributed by atoms with Gasteiger partial charge in [-0.15, -0.1) is 4.40 Å². The fourth-order valence-corrected chi connectivity index (χ4v) is 2.59. The number of nitro groups is 1. The fourth-order valence-electron chi connectivity index (χ4n) is 1.39. The molecule has 20 heavy (non-hydrogen) atoms. The van der Waals surface area contributed by atoms with Gasteiger partial charge >= 0.3 is 0 Å². The molecule has 0 atom stereocenters. The molecule has 0 aliphatic carbocycles. The van der Waals surface area contributed by atoms with E-state index >= 15 is 0 Å². The monoisotopic (exact) mass is 301 g/mol. The minimum Gasteiger partial charge on any atom is -0.492 e. The molecule has 0 N–H and O–H groups in total. The quantitative estimate of drug-likeness (QED) is 0.339. The van der Waals surface area contributed by atoms with Crippen molar-refractivity contribution in [2.45, 2.75) is 11.8 Å². The molecule has 110 valence electrons. The number of hydrogen-bond donors (Lipinski definition) is 0. The van der Waals surface area contributed by atoms with Crippen LogP contribution in [-0.4, -0.2) is 45.3 Å². The first-order valence-electron chi connectivity index (χ1n) is 5.66. The molecule has 1 aromatic carbocycles. The van der Waals surface area contributed by atoms with E-state index < -0.39 is 25.5 Å². The molecule has 1 rings (SSSR count). The molecule has 0 aromatic heterocycles. The average molecular weight is 301 g/mol. The van der Waals surface area contributed by atoms with Gasteiger partial charge in [-0.3, -0.25) is 10.1 Å². The van der Waals surface area contributed by atoms with Crippen molar-refractivity contribution in [3.63, 3.8) is 0 Å². The summed E-state index contributed by atoms with van der Waals surface area (Å²) in [5, 5.41) is 11.0. The molecule has 0 saturated carbocycles. The van der Waals surface area contributed by atoms with Crippen LogP contribution in [0.15, 0.2) is 27.5 Å². The zero-order valence-electron chi connectivity index (χ0n) is 11.3. The third kappa shape index (κ3) is 3.67. The van der Waals surface area contributed by atoms with Crippen LogP contribution in [0.25, 0.3) is 0 Å². The van der Waals surface area contributed by atoms with Crippen LogP contribution in [0, 0.1) is 10.1 Å². The molecule has 0 amide bonds. The highest BCUT2D eigenvalue weighted by molar-refractivity contribution is 7.90. The lowest BCUT2D eigenvalue weighted by atomic mass is 10.3. The molecule has 0 unspecified atom stereocenters. The number of hydrogen-bond acceptors (Lipinski definition) is 5. The number of ether oxygens (including phenoxy) is 1. The minimum atomic E-state index is -4.22. The third-order valence-corrected chi connectivity index (χ3v) is 3.43. The zero-order chi connectivity index (χ0) is 15.3. The highest BCUT2D eigenvalue weighted by Crippen LogP contribution is 2.34. The van der Waals surface area contributed by atoms with Crippen molar-refractivity contribution in [1.29, 1.82) is 0 Å². The van der Waals surface area contributed by atoms with Crippen LogP contribution in [0.4, 0.5) is 5.69 Å². The standard InChI is InChI=1S/C11H15N3O5S/c1-4-19-10-7-5-6-9(14(15)16)11(10)20(17,18)12-8-13(2)3/h5-8H,4H2,1-3H3. The van der Waals surface area contributed by atoms with Crippen LogP contribution in [-0.2, 0) is 10.0 Å². The Hall–Kier alpha value is -2.16. The Kier molecular flexibility index (Phi) is 5.03. The van der Waals surface area contributed by atoms with Crippen molar-refractivity contribution in [2.24, 2.45) is 4.40 Å². The average Bonchev–Trinajstić information content (AvgIpc) is 2.36. The van der Waals surface area contributed by atoms with Crippen molar-refractivity contribution in [3.8, 4) is 5.75 Å². The van der Waals surface area contributed by atoms with Crippen LogP contribution < -0.4 is 4.74 Å². The molecular weight excluding hydrogens is 286 g/mol. The molecule has 0 heterocycles. The van der Waals surface area contributed by atoms with Crippen molar-refractivity contribution in [1.82, 2.24) is 4.90 Å². The topological polar surface area (TPSA) is 102 Å². The number of rotatable bonds is 6. The lowest BCUT2D eigenvalue weighted by molar-refractivity contribution is -0.387. The molecule has 9 heteroatoms. The Morgan fingerprint density at radius 2 is 2.10 bits per heavy atom. The van der Waals surface area contributed by atoms with E-state index in [2.05, 4.69) is 4.40 Å². The smallest absolute Gasteiger partial charge is 0.294 e. The molecule has 0 bridgehead atoms. The summed E-state index contributed by atoms with van der Waals surface area (Å²) < 4.78 is 32.8. The highest BCUT2D eigenvalue weighted by atomic mass is 32.2. The van der Waals surface area contributed by atoms with Crippen molar-refractivity contribution >= 4 is 22.0 Å². The van der Waals surface area contributed by atoms with E-state index in [0.29, 0.717) is 0 Å². The summed E-state index contributed by atoms with van der Waals surface area (Å²) in [6.07, 6.45) is 1.06. The summed E-state index contributed by atoms with van der Waals surface area (Å²) >= 11 is 0. The van der Waals surface area contributed by atoms with Gasteiger partial charge < -0.3 is 9.64 Å². The van der Waals surface area contributed by atoms with Crippen molar-refractivity contribution < 1.29 is 18.1 Å². The second-order valence-corrected chi connectivity index (χ2v) is 5.52. The van der Waals surface area contributed by atoms with E-state index in [1.54, 1.807) is 21.0 Å². The molecule has 8 nitrogen and oxygen atoms in total.